The number of imidazole rings is 1. The molecule has 0 aliphatic heterocycles. The minimum atomic E-state index is 0.151. The van der Waals surface area contributed by atoms with Crippen LogP contribution in [0.1, 0.15) is 25.2 Å². The second-order valence-electron chi connectivity index (χ2n) is 6.22. The monoisotopic (exact) mass is 337 g/mol. The van der Waals surface area contributed by atoms with Gasteiger partial charge in [-0.2, -0.15) is 0 Å². The molecule has 1 heterocycles. The van der Waals surface area contributed by atoms with E-state index in [-0.39, 0.29) is 6.10 Å². The second-order valence-corrected chi connectivity index (χ2v) is 6.22. The number of aryl methyl sites for hydroxylation is 1. The average Bonchev–Trinajstić information content (AvgIpc) is 2.96. The van der Waals surface area contributed by atoms with E-state index < -0.39 is 0 Å². The molecule has 1 aromatic heterocycles. The lowest BCUT2D eigenvalue weighted by Gasteiger charge is -2.10. The van der Waals surface area contributed by atoms with Crippen LogP contribution in [-0.4, -0.2) is 22.0 Å². The van der Waals surface area contributed by atoms with Gasteiger partial charge in [0.2, 0.25) is 0 Å². The first kappa shape index (κ1) is 16.8. The van der Waals surface area contributed by atoms with Crippen molar-refractivity contribution in [2.45, 2.75) is 33.4 Å². The van der Waals surface area contributed by atoms with E-state index in [2.05, 4.69) is 33.3 Å². The molecule has 0 saturated heterocycles. The molecule has 0 saturated carbocycles. The normalized spacial score (nSPS) is 11.9. The molecule has 0 aliphatic carbocycles. The predicted molar refractivity (Wildman–Crippen MR) is 102 cm³/mol. The third-order valence-electron chi connectivity index (χ3n) is 3.58. The summed E-state index contributed by atoms with van der Waals surface area (Å²) in [6, 6.07) is 13.7. The summed E-state index contributed by atoms with van der Waals surface area (Å²) in [6.45, 7) is 6.44. The van der Waals surface area contributed by atoms with E-state index in [1.807, 2.05) is 50.2 Å². The summed E-state index contributed by atoms with van der Waals surface area (Å²) in [6.07, 6.45) is 0.151. The summed E-state index contributed by atoms with van der Waals surface area (Å²) in [5, 5.41) is 3.07. The van der Waals surface area contributed by atoms with Gasteiger partial charge in [-0.05, 0) is 62.7 Å². The second kappa shape index (κ2) is 7.25. The number of nitrogens with two attached hydrogens (primary N) is 1. The molecular weight excluding hydrogens is 314 g/mol. The minimum Gasteiger partial charge on any atom is -0.491 e. The third-order valence-corrected chi connectivity index (χ3v) is 3.58. The number of rotatable bonds is 5. The van der Waals surface area contributed by atoms with E-state index in [9.17, 15) is 0 Å². The van der Waals surface area contributed by atoms with Gasteiger partial charge in [0.1, 0.15) is 18.1 Å². The van der Waals surface area contributed by atoms with Crippen LogP contribution in [0.2, 0.25) is 0 Å². The summed E-state index contributed by atoms with van der Waals surface area (Å²) in [4.78, 5) is 12.1. The third kappa shape index (κ3) is 4.50. The maximum atomic E-state index is 5.96. The Morgan fingerprint density at radius 1 is 1.24 bits per heavy atom. The van der Waals surface area contributed by atoms with Gasteiger partial charge in [0.05, 0.1) is 17.1 Å². The Hall–Kier alpha value is -3.02. The van der Waals surface area contributed by atoms with Crippen LogP contribution < -0.4 is 15.8 Å². The minimum absolute atomic E-state index is 0.151. The Morgan fingerprint density at radius 3 is 2.72 bits per heavy atom. The molecule has 130 valence electrons. The number of nitrogens with zero attached hydrogens (tertiary/aromatic N) is 2. The van der Waals surface area contributed by atoms with Gasteiger partial charge < -0.3 is 20.8 Å². The van der Waals surface area contributed by atoms with Crippen LogP contribution in [0.25, 0.3) is 11.0 Å². The van der Waals surface area contributed by atoms with Crippen molar-refractivity contribution in [2.24, 2.45) is 10.7 Å². The molecule has 4 N–H and O–H groups in total. The zero-order chi connectivity index (χ0) is 17.8. The van der Waals surface area contributed by atoms with Crippen molar-refractivity contribution >= 4 is 22.7 Å². The van der Waals surface area contributed by atoms with Gasteiger partial charge in [0.25, 0.3) is 0 Å². The number of benzene rings is 2. The zero-order valence-electron chi connectivity index (χ0n) is 14.7. The summed E-state index contributed by atoms with van der Waals surface area (Å²) < 4.78 is 5.62. The Kier molecular flexibility index (Phi) is 4.88. The topological polar surface area (TPSA) is 88.3 Å². The maximum absolute atomic E-state index is 5.96. The molecule has 3 aromatic rings. The fourth-order valence-corrected chi connectivity index (χ4v) is 2.49. The van der Waals surface area contributed by atoms with Crippen LogP contribution in [0.4, 0.5) is 5.69 Å². The molecule has 0 fully saturated rings. The number of hydrogen-bond acceptors (Lipinski definition) is 3. The van der Waals surface area contributed by atoms with Gasteiger partial charge in [-0.1, -0.05) is 6.07 Å². The van der Waals surface area contributed by atoms with Crippen LogP contribution in [-0.2, 0) is 6.54 Å². The quantitative estimate of drug-likeness (QED) is 0.490. The Labute approximate surface area is 147 Å². The highest BCUT2D eigenvalue weighted by Crippen LogP contribution is 2.17. The number of anilines is 1. The van der Waals surface area contributed by atoms with Crippen molar-refractivity contribution < 1.29 is 4.74 Å². The van der Waals surface area contributed by atoms with Gasteiger partial charge >= 0.3 is 0 Å². The van der Waals surface area contributed by atoms with E-state index >= 15 is 0 Å². The largest absolute Gasteiger partial charge is 0.491 e. The van der Waals surface area contributed by atoms with E-state index in [0.29, 0.717) is 12.5 Å². The molecule has 0 atom stereocenters. The lowest BCUT2D eigenvalue weighted by Crippen LogP contribution is -2.22. The SMILES string of the molecule is Cc1ccc2nc(CN=C(N)Nc3ccc(OC(C)C)cc3)[nH]c2c1. The lowest BCUT2D eigenvalue weighted by molar-refractivity contribution is 0.242. The van der Waals surface area contributed by atoms with E-state index in [4.69, 9.17) is 10.5 Å². The van der Waals surface area contributed by atoms with Gasteiger partial charge in [0.15, 0.2) is 5.96 Å². The van der Waals surface area contributed by atoms with Crippen LogP contribution >= 0.6 is 0 Å². The van der Waals surface area contributed by atoms with Crippen molar-refractivity contribution in [1.82, 2.24) is 9.97 Å². The van der Waals surface area contributed by atoms with Crippen molar-refractivity contribution in [3.63, 3.8) is 0 Å². The summed E-state index contributed by atoms with van der Waals surface area (Å²) in [5.41, 5.74) is 9.95. The summed E-state index contributed by atoms with van der Waals surface area (Å²) in [5.74, 6) is 1.95. The highest BCUT2D eigenvalue weighted by molar-refractivity contribution is 5.92. The fourth-order valence-electron chi connectivity index (χ4n) is 2.49. The standard InChI is InChI=1S/C19H23N5O/c1-12(2)25-15-7-5-14(6-8-15)22-19(20)21-11-18-23-16-9-4-13(3)10-17(16)24-18/h4-10,12H,11H2,1-3H3,(H,23,24)(H3,20,21,22). The molecule has 0 unspecified atom stereocenters. The van der Waals surface area contributed by atoms with Gasteiger partial charge in [-0.15, -0.1) is 0 Å². The first-order chi connectivity index (χ1) is 12.0. The molecule has 0 bridgehead atoms. The lowest BCUT2D eigenvalue weighted by atomic mass is 10.2. The molecule has 3 rings (SSSR count). The maximum Gasteiger partial charge on any atom is 0.193 e. The zero-order valence-corrected chi connectivity index (χ0v) is 14.7. The smallest absolute Gasteiger partial charge is 0.193 e. The highest BCUT2D eigenvalue weighted by atomic mass is 16.5. The van der Waals surface area contributed by atoms with Crippen LogP contribution in [0, 0.1) is 6.92 Å². The first-order valence-electron chi connectivity index (χ1n) is 8.28. The van der Waals surface area contributed by atoms with Crippen molar-refractivity contribution in [3.8, 4) is 5.75 Å². The Bertz CT molecular complexity index is 880. The molecule has 0 radical (unpaired) electrons. The van der Waals surface area contributed by atoms with Gasteiger partial charge in [-0.25, -0.2) is 9.98 Å². The number of aromatic amines is 1. The average molecular weight is 337 g/mol. The molecule has 0 spiro atoms. The number of ether oxygens (including phenoxy) is 1. The summed E-state index contributed by atoms with van der Waals surface area (Å²) in [7, 11) is 0. The van der Waals surface area contributed by atoms with Crippen molar-refractivity contribution in [3.05, 3.63) is 53.9 Å². The number of fused-ring (bicyclic) bond motifs is 1. The number of nitrogens with one attached hydrogen (secondary N) is 2. The van der Waals surface area contributed by atoms with E-state index in [1.54, 1.807) is 0 Å². The summed E-state index contributed by atoms with van der Waals surface area (Å²) >= 11 is 0. The Balaban J connectivity index is 1.62. The molecule has 2 aromatic carbocycles. The molecule has 25 heavy (non-hydrogen) atoms. The number of hydrogen-bond donors (Lipinski definition) is 3. The van der Waals surface area contributed by atoms with Crippen molar-refractivity contribution in [2.75, 3.05) is 5.32 Å². The van der Waals surface area contributed by atoms with Crippen LogP contribution in [0.15, 0.2) is 47.5 Å². The van der Waals surface area contributed by atoms with Gasteiger partial charge in [0, 0.05) is 5.69 Å². The number of H-pyrrole nitrogens is 1. The van der Waals surface area contributed by atoms with Crippen molar-refractivity contribution in [1.29, 1.82) is 0 Å². The molecule has 6 nitrogen and oxygen atoms in total. The number of aromatic nitrogens is 2. The number of aliphatic imine (C=N–C) groups is 1. The first-order valence-corrected chi connectivity index (χ1v) is 8.28. The number of guanidine groups is 1. The molecule has 6 heteroatoms. The molecule has 0 aliphatic rings. The highest BCUT2D eigenvalue weighted by Gasteiger charge is 2.03. The van der Waals surface area contributed by atoms with Gasteiger partial charge in [-0.3, -0.25) is 0 Å². The van der Waals surface area contributed by atoms with Crippen LogP contribution in [0.3, 0.4) is 0 Å². The van der Waals surface area contributed by atoms with E-state index in [0.717, 1.165) is 28.3 Å². The fraction of sp³-hybridized carbons (Fsp3) is 0.263. The molecular formula is C19H23N5O. The predicted octanol–water partition coefficient (Wildman–Crippen LogP) is 3.59. The van der Waals surface area contributed by atoms with Crippen LogP contribution in [0.5, 0.6) is 5.75 Å². The Morgan fingerprint density at radius 2 is 2.00 bits per heavy atom. The van der Waals surface area contributed by atoms with E-state index in [1.165, 1.54) is 5.56 Å². The molecule has 0 amide bonds.